The third kappa shape index (κ3) is 4.20. The van der Waals surface area contributed by atoms with E-state index in [1.165, 1.54) is 24.7 Å². The average molecular weight is 439 g/mol. The van der Waals surface area contributed by atoms with Gasteiger partial charge < -0.3 is 14.6 Å². The zero-order chi connectivity index (χ0) is 20.7. The van der Waals surface area contributed by atoms with Gasteiger partial charge in [-0.05, 0) is 43.4 Å². The second kappa shape index (κ2) is 8.53. The average Bonchev–Trinajstić information content (AvgIpc) is 3.34. The predicted molar refractivity (Wildman–Crippen MR) is 116 cm³/mol. The molecule has 2 aliphatic rings. The number of carbonyl (C=O) groups excluding carboxylic acids is 1. The van der Waals surface area contributed by atoms with Crippen LogP contribution in [0.25, 0.3) is 17.3 Å². The Bertz CT molecular complexity index is 1130. The van der Waals surface area contributed by atoms with Gasteiger partial charge in [-0.1, -0.05) is 12.1 Å². The number of benzene rings is 1. The minimum atomic E-state index is -0.174. The Hall–Kier alpha value is -3.15. The molecule has 1 aromatic carbocycles. The van der Waals surface area contributed by atoms with Gasteiger partial charge in [-0.2, -0.15) is 10.4 Å². The Morgan fingerprint density at radius 2 is 2.06 bits per heavy atom. The van der Waals surface area contributed by atoms with Crippen molar-refractivity contribution < 1.29 is 9.21 Å². The first kappa shape index (κ1) is 21.1. The molecule has 2 fully saturated rings. The highest BCUT2D eigenvalue weighted by Gasteiger charge is 2.26. The van der Waals surface area contributed by atoms with Crippen LogP contribution in [0.15, 0.2) is 41.1 Å². The monoisotopic (exact) mass is 438 g/mol. The topological polar surface area (TPSA) is 100.0 Å². The van der Waals surface area contributed by atoms with Crippen LogP contribution in [0.2, 0.25) is 0 Å². The summed E-state index contributed by atoms with van der Waals surface area (Å²) in [6.07, 6.45) is 5.50. The van der Waals surface area contributed by atoms with E-state index in [2.05, 4.69) is 33.6 Å². The van der Waals surface area contributed by atoms with E-state index in [0.717, 1.165) is 12.2 Å². The number of nitrogens with zero attached hydrogens (tertiary/aromatic N) is 5. The second-order valence-corrected chi connectivity index (χ2v) is 7.96. The summed E-state index contributed by atoms with van der Waals surface area (Å²) >= 11 is 0. The van der Waals surface area contributed by atoms with E-state index in [1.807, 2.05) is 19.1 Å². The van der Waals surface area contributed by atoms with Gasteiger partial charge in [-0.15, -0.1) is 12.4 Å². The molecule has 1 atom stereocenters. The molecule has 3 aromatic rings. The van der Waals surface area contributed by atoms with Crippen LogP contribution in [0.5, 0.6) is 0 Å². The van der Waals surface area contributed by atoms with Gasteiger partial charge in [0.25, 0.3) is 5.91 Å². The van der Waals surface area contributed by atoms with Gasteiger partial charge in [0.1, 0.15) is 17.9 Å². The fourth-order valence-electron chi connectivity index (χ4n) is 3.82. The molecule has 5 rings (SSSR count). The number of hydrogen-bond donors (Lipinski definition) is 1. The lowest BCUT2D eigenvalue weighted by atomic mass is 10.1. The number of rotatable bonds is 4. The molecule has 160 valence electrons. The summed E-state index contributed by atoms with van der Waals surface area (Å²) in [6, 6.07) is 10.6. The van der Waals surface area contributed by atoms with Crippen molar-refractivity contribution in [3.8, 4) is 23.3 Å². The molecule has 0 bridgehead atoms. The van der Waals surface area contributed by atoms with Crippen molar-refractivity contribution in [2.75, 3.05) is 19.6 Å². The molecule has 0 unspecified atom stereocenters. The highest BCUT2D eigenvalue weighted by Crippen LogP contribution is 2.40. The molecular formula is C22H23ClN6O2. The molecule has 1 aliphatic carbocycles. The van der Waals surface area contributed by atoms with Crippen molar-refractivity contribution in [1.29, 1.82) is 5.26 Å². The molecule has 8 nitrogen and oxygen atoms in total. The van der Waals surface area contributed by atoms with Gasteiger partial charge in [0, 0.05) is 31.9 Å². The minimum absolute atomic E-state index is 0. The van der Waals surface area contributed by atoms with E-state index >= 15 is 0 Å². The molecule has 9 heteroatoms. The van der Waals surface area contributed by atoms with Gasteiger partial charge in [-0.25, -0.2) is 9.67 Å². The van der Waals surface area contributed by atoms with E-state index in [4.69, 9.17) is 4.42 Å². The van der Waals surface area contributed by atoms with E-state index < -0.39 is 0 Å². The Labute approximate surface area is 186 Å². The molecule has 3 heterocycles. The molecule has 1 aliphatic heterocycles. The molecule has 1 amide bonds. The number of amides is 1. The van der Waals surface area contributed by atoms with E-state index in [9.17, 15) is 10.1 Å². The van der Waals surface area contributed by atoms with Crippen LogP contribution in [0, 0.1) is 11.3 Å². The second-order valence-electron chi connectivity index (χ2n) is 7.96. The van der Waals surface area contributed by atoms with Crippen LogP contribution < -0.4 is 5.32 Å². The third-order valence-corrected chi connectivity index (χ3v) is 5.62. The van der Waals surface area contributed by atoms with Crippen molar-refractivity contribution in [2.45, 2.75) is 31.7 Å². The van der Waals surface area contributed by atoms with Crippen molar-refractivity contribution >= 4 is 18.3 Å². The smallest absolute Gasteiger partial charge is 0.275 e. The normalized spacial score (nSPS) is 18.3. The Kier molecular flexibility index (Phi) is 5.81. The maximum atomic E-state index is 12.7. The maximum Gasteiger partial charge on any atom is 0.275 e. The van der Waals surface area contributed by atoms with Gasteiger partial charge >= 0.3 is 0 Å². The van der Waals surface area contributed by atoms with Crippen molar-refractivity contribution in [3.05, 3.63) is 53.5 Å². The fraction of sp³-hybridized carbons (Fsp3) is 0.364. The highest BCUT2D eigenvalue weighted by molar-refractivity contribution is 5.92. The maximum absolute atomic E-state index is 12.7. The number of piperazine rings is 1. The van der Waals surface area contributed by atoms with E-state index in [1.54, 1.807) is 15.8 Å². The van der Waals surface area contributed by atoms with Crippen molar-refractivity contribution in [1.82, 2.24) is 25.0 Å². The predicted octanol–water partition coefficient (Wildman–Crippen LogP) is 3.13. The van der Waals surface area contributed by atoms with Gasteiger partial charge in [0.05, 0.1) is 5.69 Å². The molecule has 2 aromatic heterocycles. The van der Waals surface area contributed by atoms with E-state index in [-0.39, 0.29) is 35.9 Å². The van der Waals surface area contributed by atoms with Gasteiger partial charge in [-0.3, -0.25) is 4.79 Å². The first-order chi connectivity index (χ1) is 14.6. The van der Waals surface area contributed by atoms with Crippen LogP contribution in [0.4, 0.5) is 0 Å². The molecule has 0 radical (unpaired) electrons. The van der Waals surface area contributed by atoms with Crippen LogP contribution >= 0.6 is 12.4 Å². The highest BCUT2D eigenvalue weighted by atomic mass is 35.5. The quantitative estimate of drug-likeness (QED) is 0.671. The molecule has 1 saturated heterocycles. The lowest BCUT2D eigenvalue weighted by Gasteiger charge is -2.31. The van der Waals surface area contributed by atoms with Gasteiger partial charge in [0.15, 0.2) is 11.4 Å². The van der Waals surface area contributed by atoms with Crippen LogP contribution in [-0.4, -0.2) is 51.2 Å². The van der Waals surface area contributed by atoms with Crippen molar-refractivity contribution in [3.63, 3.8) is 0 Å². The number of nitrogens with one attached hydrogen (secondary N) is 1. The van der Waals surface area contributed by atoms with Crippen LogP contribution in [0.1, 0.15) is 47.3 Å². The SMILES string of the molecule is C[C@H]1CN(C(=O)c2coc(-c3nn(-c4ccc(C5CC5)cc4)cc3C#N)n2)CCN1.Cl. The third-order valence-electron chi connectivity index (χ3n) is 5.62. The Balaban J connectivity index is 0.00000231. The number of carbonyl (C=O) groups is 1. The molecule has 1 N–H and O–H groups in total. The Morgan fingerprint density at radius 1 is 1.29 bits per heavy atom. The van der Waals surface area contributed by atoms with Crippen LogP contribution in [-0.2, 0) is 0 Å². The molecule has 0 spiro atoms. The van der Waals surface area contributed by atoms with E-state index in [0.29, 0.717) is 30.3 Å². The first-order valence-corrected chi connectivity index (χ1v) is 10.2. The van der Waals surface area contributed by atoms with Crippen LogP contribution in [0.3, 0.4) is 0 Å². The summed E-state index contributed by atoms with van der Waals surface area (Å²) in [7, 11) is 0. The van der Waals surface area contributed by atoms with Gasteiger partial charge in [0.2, 0.25) is 5.89 Å². The fourth-order valence-corrected chi connectivity index (χ4v) is 3.82. The molecular weight excluding hydrogens is 416 g/mol. The summed E-state index contributed by atoms with van der Waals surface area (Å²) in [5, 5.41) is 17.4. The van der Waals surface area contributed by atoms with Crippen molar-refractivity contribution in [2.24, 2.45) is 0 Å². The zero-order valence-corrected chi connectivity index (χ0v) is 17.9. The molecule has 31 heavy (non-hydrogen) atoms. The summed E-state index contributed by atoms with van der Waals surface area (Å²) in [4.78, 5) is 18.8. The lowest BCUT2D eigenvalue weighted by molar-refractivity contribution is 0.0703. The standard InChI is InChI=1S/C22H22N6O2.ClH/c1-14-11-27(9-8-24-14)22(29)19-13-30-21(25-19)20-17(10-23)12-28(26-20)18-6-4-16(5-7-18)15-2-3-15;/h4-7,12-15,24H,2-3,8-9,11H2,1H3;1H/t14-;/m0./s1. The summed E-state index contributed by atoms with van der Waals surface area (Å²) in [6.45, 7) is 4.03. The largest absolute Gasteiger partial charge is 0.442 e. The lowest BCUT2D eigenvalue weighted by Crippen LogP contribution is -2.51. The summed E-state index contributed by atoms with van der Waals surface area (Å²) in [5.41, 5.74) is 3.10. The number of nitriles is 1. The molecule has 1 saturated carbocycles. The number of aromatic nitrogens is 3. The number of halogens is 1. The number of oxazole rings is 1. The first-order valence-electron chi connectivity index (χ1n) is 10.2. The number of hydrogen-bond acceptors (Lipinski definition) is 6. The Morgan fingerprint density at radius 3 is 2.74 bits per heavy atom. The summed E-state index contributed by atoms with van der Waals surface area (Å²) < 4.78 is 7.19. The zero-order valence-electron chi connectivity index (χ0n) is 17.1. The minimum Gasteiger partial charge on any atom is -0.442 e. The summed E-state index contributed by atoms with van der Waals surface area (Å²) in [5.74, 6) is 0.683.